The molecule has 1 atom stereocenters. The fourth-order valence-electron chi connectivity index (χ4n) is 4.55. The van der Waals surface area contributed by atoms with Crippen molar-refractivity contribution in [1.29, 1.82) is 0 Å². The zero-order valence-electron chi connectivity index (χ0n) is 17.2. The Morgan fingerprint density at radius 3 is 2.48 bits per heavy atom. The molecule has 0 aliphatic carbocycles. The van der Waals surface area contributed by atoms with E-state index in [0.717, 1.165) is 51.9 Å². The number of Topliss-reactive ketones (excluding diaryl/α,β-unsaturated/α-hetero) is 1. The molecule has 4 N–H and O–H groups in total. The van der Waals surface area contributed by atoms with Crippen molar-refractivity contribution in [2.24, 2.45) is 5.92 Å². The van der Waals surface area contributed by atoms with Gasteiger partial charge in [-0.25, -0.2) is 0 Å². The van der Waals surface area contributed by atoms with E-state index < -0.39 is 0 Å². The normalized spacial score (nSPS) is 20.2. The van der Waals surface area contributed by atoms with Crippen molar-refractivity contribution < 1.29 is 14.3 Å². The molecule has 160 valence electrons. The van der Waals surface area contributed by atoms with Crippen LogP contribution in [-0.4, -0.2) is 62.0 Å². The van der Waals surface area contributed by atoms with Gasteiger partial charge in [0, 0.05) is 25.2 Å². The molecule has 0 saturated carbocycles. The number of nitrogens with two attached hydrogens (primary N) is 1. The minimum Gasteiger partial charge on any atom is -0.496 e. The van der Waals surface area contributed by atoms with E-state index in [9.17, 15) is 9.59 Å². The van der Waals surface area contributed by atoms with Crippen LogP contribution in [0.2, 0.25) is 5.02 Å². The molecule has 0 radical (unpaired) electrons. The summed E-state index contributed by atoms with van der Waals surface area (Å²) in [6.07, 6.45) is 3.70. The number of methoxy groups -OCH3 is 1. The second-order valence-electron chi connectivity index (χ2n) is 8.00. The third-order valence-electron chi connectivity index (χ3n) is 6.07. The van der Waals surface area contributed by atoms with Crippen molar-refractivity contribution in [3.63, 3.8) is 0 Å². The van der Waals surface area contributed by atoms with Crippen LogP contribution in [0.1, 0.15) is 43.0 Å². The number of likely N-dealkylation sites (tertiary alicyclic amines) is 1. The molecule has 3 rings (SSSR count). The molecule has 0 spiro atoms. The molecule has 1 amide bonds. The largest absolute Gasteiger partial charge is 0.496 e. The van der Waals surface area contributed by atoms with Gasteiger partial charge in [-0.15, -0.1) is 0 Å². The Kier molecular flexibility index (Phi) is 7.38. The lowest BCUT2D eigenvalue weighted by molar-refractivity contribution is -0.125. The third kappa shape index (κ3) is 5.21. The van der Waals surface area contributed by atoms with Crippen LogP contribution in [0.5, 0.6) is 5.75 Å². The number of nitrogens with zero attached hydrogens (tertiary/aromatic N) is 1. The van der Waals surface area contributed by atoms with Gasteiger partial charge in [0.2, 0.25) is 0 Å². The molecule has 2 saturated heterocycles. The number of halogens is 1. The van der Waals surface area contributed by atoms with Crippen molar-refractivity contribution in [3.8, 4) is 5.75 Å². The molecule has 2 fully saturated rings. The fraction of sp³-hybridized carbons (Fsp3) is 0.619. The average Bonchev–Trinajstić information content (AvgIpc) is 2.71. The third-order valence-corrected chi connectivity index (χ3v) is 6.40. The molecular formula is C21H31ClN4O3. The van der Waals surface area contributed by atoms with E-state index in [1.807, 2.05) is 0 Å². The summed E-state index contributed by atoms with van der Waals surface area (Å²) in [6, 6.07) is 3.16. The number of piperidine rings is 2. The first kappa shape index (κ1) is 21.9. The minimum atomic E-state index is -0.219. The van der Waals surface area contributed by atoms with Crippen molar-refractivity contribution >= 4 is 29.0 Å². The number of hydrogen-bond donors (Lipinski definition) is 3. The Bertz CT molecular complexity index is 744. The summed E-state index contributed by atoms with van der Waals surface area (Å²) in [7, 11) is 1.50. The zero-order chi connectivity index (χ0) is 21.0. The summed E-state index contributed by atoms with van der Waals surface area (Å²) < 4.78 is 5.28. The van der Waals surface area contributed by atoms with E-state index in [4.69, 9.17) is 22.1 Å². The van der Waals surface area contributed by atoms with Gasteiger partial charge in [-0.3, -0.25) is 14.5 Å². The first-order valence-electron chi connectivity index (χ1n) is 10.3. The molecule has 2 aliphatic heterocycles. The van der Waals surface area contributed by atoms with Crippen LogP contribution in [0.4, 0.5) is 5.69 Å². The Labute approximate surface area is 177 Å². The number of hydrogen-bond acceptors (Lipinski definition) is 6. The topological polar surface area (TPSA) is 96.7 Å². The maximum absolute atomic E-state index is 12.8. The highest BCUT2D eigenvalue weighted by molar-refractivity contribution is 6.33. The van der Waals surface area contributed by atoms with E-state index in [2.05, 4.69) is 15.5 Å². The summed E-state index contributed by atoms with van der Waals surface area (Å²) in [6.45, 7) is 5.27. The molecule has 2 heterocycles. The summed E-state index contributed by atoms with van der Waals surface area (Å²) in [5.74, 6) is 0.856. The number of amides is 1. The Hall–Kier alpha value is -1.83. The van der Waals surface area contributed by atoms with Crippen molar-refractivity contribution in [2.45, 2.75) is 44.7 Å². The van der Waals surface area contributed by atoms with Crippen molar-refractivity contribution in [2.75, 3.05) is 39.0 Å². The van der Waals surface area contributed by atoms with Crippen LogP contribution >= 0.6 is 11.6 Å². The summed E-state index contributed by atoms with van der Waals surface area (Å²) in [5, 5.41) is 6.78. The van der Waals surface area contributed by atoms with Crippen LogP contribution in [0.3, 0.4) is 0 Å². The van der Waals surface area contributed by atoms with Gasteiger partial charge in [-0.2, -0.15) is 0 Å². The number of carbonyl (C=O) groups excluding carboxylic acids is 2. The van der Waals surface area contributed by atoms with E-state index in [-0.39, 0.29) is 23.8 Å². The molecule has 0 bridgehead atoms. The van der Waals surface area contributed by atoms with Gasteiger partial charge in [0.05, 0.1) is 29.4 Å². The van der Waals surface area contributed by atoms with Gasteiger partial charge in [-0.1, -0.05) is 11.6 Å². The van der Waals surface area contributed by atoms with Crippen LogP contribution in [0.15, 0.2) is 12.1 Å². The van der Waals surface area contributed by atoms with Gasteiger partial charge in [0.1, 0.15) is 11.5 Å². The van der Waals surface area contributed by atoms with Crippen LogP contribution in [-0.2, 0) is 4.79 Å². The zero-order valence-corrected chi connectivity index (χ0v) is 17.9. The van der Waals surface area contributed by atoms with Gasteiger partial charge in [0.25, 0.3) is 5.91 Å². The Balaban J connectivity index is 1.60. The molecule has 8 heteroatoms. The number of ether oxygens (including phenoxy) is 1. The first-order chi connectivity index (χ1) is 13.9. The molecule has 1 aromatic rings. The van der Waals surface area contributed by atoms with E-state index >= 15 is 0 Å². The molecule has 0 aromatic heterocycles. The molecule has 7 nitrogen and oxygen atoms in total. The number of anilines is 1. The predicted octanol–water partition coefficient (Wildman–Crippen LogP) is 2.08. The number of nitrogens with one attached hydrogen (secondary N) is 2. The second-order valence-corrected chi connectivity index (χ2v) is 8.41. The van der Waals surface area contributed by atoms with Crippen molar-refractivity contribution in [1.82, 2.24) is 15.5 Å². The highest BCUT2D eigenvalue weighted by Crippen LogP contribution is 2.29. The maximum Gasteiger partial charge on any atom is 0.255 e. The van der Waals surface area contributed by atoms with Gasteiger partial charge < -0.3 is 21.1 Å². The molecule has 2 aliphatic rings. The number of rotatable bonds is 6. The number of nitrogen functional groups attached to an aromatic ring is 1. The van der Waals surface area contributed by atoms with E-state index in [0.29, 0.717) is 27.9 Å². The lowest BCUT2D eigenvalue weighted by Crippen LogP contribution is -2.53. The SMILES string of the molecule is COc1cc(N)c(Cl)cc1C(=O)NC1CCN(C(C(C)=O)C2CCNCC2)CC1. The standard InChI is InChI=1S/C21H31ClN4O3/c1-13(27)20(14-3-7-24-8-4-14)26-9-5-15(6-10-26)25-21(28)16-11-17(22)18(23)12-19(16)29-2/h11-12,14-15,20,24H,3-10,23H2,1-2H3,(H,25,28). The smallest absolute Gasteiger partial charge is 0.255 e. The summed E-state index contributed by atoms with van der Waals surface area (Å²) in [5.41, 5.74) is 6.55. The van der Waals surface area contributed by atoms with Crippen LogP contribution < -0.4 is 21.1 Å². The lowest BCUT2D eigenvalue weighted by Gasteiger charge is -2.41. The van der Waals surface area contributed by atoms with E-state index in [1.54, 1.807) is 19.1 Å². The Morgan fingerprint density at radius 1 is 1.24 bits per heavy atom. The highest BCUT2D eigenvalue weighted by atomic mass is 35.5. The molecular weight excluding hydrogens is 392 g/mol. The van der Waals surface area contributed by atoms with Crippen LogP contribution in [0, 0.1) is 5.92 Å². The van der Waals surface area contributed by atoms with Crippen molar-refractivity contribution in [3.05, 3.63) is 22.7 Å². The number of benzene rings is 1. The second kappa shape index (κ2) is 9.78. The van der Waals surface area contributed by atoms with Crippen LogP contribution in [0.25, 0.3) is 0 Å². The minimum absolute atomic E-state index is 0.00949. The monoisotopic (exact) mass is 422 g/mol. The lowest BCUT2D eigenvalue weighted by atomic mass is 9.86. The highest BCUT2D eigenvalue weighted by Gasteiger charge is 2.34. The van der Waals surface area contributed by atoms with Gasteiger partial charge in [0.15, 0.2) is 0 Å². The molecule has 1 unspecified atom stereocenters. The average molecular weight is 423 g/mol. The predicted molar refractivity (Wildman–Crippen MR) is 115 cm³/mol. The quantitative estimate of drug-likeness (QED) is 0.607. The van der Waals surface area contributed by atoms with Gasteiger partial charge >= 0.3 is 0 Å². The van der Waals surface area contributed by atoms with Gasteiger partial charge in [-0.05, 0) is 57.7 Å². The Morgan fingerprint density at radius 2 is 1.90 bits per heavy atom. The first-order valence-corrected chi connectivity index (χ1v) is 10.7. The number of carbonyl (C=O) groups is 2. The van der Waals surface area contributed by atoms with E-state index in [1.165, 1.54) is 7.11 Å². The summed E-state index contributed by atoms with van der Waals surface area (Å²) >= 11 is 6.08. The molecule has 29 heavy (non-hydrogen) atoms. The summed E-state index contributed by atoms with van der Waals surface area (Å²) in [4.78, 5) is 27.4. The molecule has 1 aromatic carbocycles. The fourth-order valence-corrected chi connectivity index (χ4v) is 4.71. The maximum atomic E-state index is 12.8. The number of ketones is 1.